The van der Waals surface area contributed by atoms with E-state index < -0.39 is 17.9 Å². The molecule has 1 fully saturated rings. The van der Waals surface area contributed by atoms with Crippen LogP contribution in [0.2, 0.25) is 0 Å². The fourth-order valence-electron chi connectivity index (χ4n) is 2.57. The van der Waals surface area contributed by atoms with Crippen molar-refractivity contribution in [1.82, 2.24) is 5.32 Å². The van der Waals surface area contributed by atoms with Crippen molar-refractivity contribution in [1.29, 1.82) is 0 Å². The second-order valence-corrected chi connectivity index (χ2v) is 6.89. The van der Waals surface area contributed by atoms with E-state index >= 15 is 0 Å². The Bertz CT molecular complexity index is 554. The number of nitrogens with one attached hydrogen (secondary N) is 2. The van der Waals surface area contributed by atoms with Crippen molar-refractivity contribution in [3.8, 4) is 0 Å². The van der Waals surface area contributed by atoms with Crippen LogP contribution in [0, 0.1) is 12.8 Å². The number of benzene rings is 1. The Labute approximate surface area is 139 Å². The van der Waals surface area contributed by atoms with E-state index in [4.69, 9.17) is 5.11 Å². The number of carboxylic acids is 1. The predicted molar refractivity (Wildman–Crippen MR) is 87.5 cm³/mol. The van der Waals surface area contributed by atoms with Crippen LogP contribution in [-0.4, -0.2) is 23.1 Å². The molecule has 0 saturated heterocycles. The van der Waals surface area contributed by atoms with E-state index in [0.29, 0.717) is 18.5 Å². The molecule has 1 aliphatic rings. The highest BCUT2D eigenvalue weighted by Gasteiger charge is 2.33. The van der Waals surface area contributed by atoms with Crippen LogP contribution in [0.3, 0.4) is 0 Å². The molecule has 0 aliphatic heterocycles. The number of urea groups is 1. The molecule has 0 bridgehead atoms. The summed E-state index contributed by atoms with van der Waals surface area (Å²) in [7, 11) is 0. The van der Waals surface area contributed by atoms with Gasteiger partial charge in [0.2, 0.25) is 0 Å². The molecule has 0 radical (unpaired) electrons. The fraction of sp³-hybridized carbons (Fsp3) is 0.429. The first-order valence-electron chi connectivity index (χ1n) is 6.64. The molecule has 2 atom stereocenters. The van der Waals surface area contributed by atoms with Gasteiger partial charge in [-0.3, -0.25) is 4.79 Å². The van der Waals surface area contributed by atoms with Gasteiger partial charge in [-0.15, -0.1) is 0 Å². The molecule has 5 nitrogen and oxygen atoms in total. The number of halogens is 2. The van der Waals surface area contributed by atoms with Crippen LogP contribution < -0.4 is 10.6 Å². The van der Waals surface area contributed by atoms with E-state index in [1.165, 1.54) is 0 Å². The Hall–Kier alpha value is -1.08. The number of carboxylic acid groups (broad SMARTS) is 1. The normalized spacial score (nSPS) is 21.1. The second kappa shape index (κ2) is 6.79. The molecule has 2 amide bonds. The van der Waals surface area contributed by atoms with Gasteiger partial charge in [0.15, 0.2) is 0 Å². The van der Waals surface area contributed by atoms with Gasteiger partial charge < -0.3 is 15.7 Å². The SMILES string of the molecule is Cc1cc(Br)c(NC(=O)NC2CCCC2C(=O)O)c(Br)c1. The highest BCUT2D eigenvalue weighted by Crippen LogP contribution is 2.32. The van der Waals surface area contributed by atoms with Gasteiger partial charge in [0.25, 0.3) is 0 Å². The number of anilines is 1. The lowest BCUT2D eigenvalue weighted by atomic mass is 10.0. The summed E-state index contributed by atoms with van der Waals surface area (Å²) < 4.78 is 1.54. The molecular formula is C14H16Br2N2O3. The summed E-state index contributed by atoms with van der Waals surface area (Å²) in [5.41, 5.74) is 1.68. The van der Waals surface area contributed by atoms with Crippen molar-refractivity contribution in [2.24, 2.45) is 5.92 Å². The van der Waals surface area contributed by atoms with Gasteiger partial charge in [-0.05, 0) is 69.3 Å². The highest BCUT2D eigenvalue weighted by molar-refractivity contribution is 9.11. The molecule has 1 aromatic carbocycles. The highest BCUT2D eigenvalue weighted by atomic mass is 79.9. The van der Waals surface area contributed by atoms with Crippen molar-refractivity contribution >= 4 is 49.5 Å². The number of hydrogen-bond acceptors (Lipinski definition) is 2. The summed E-state index contributed by atoms with van der Waals surface area (Å²) >= 11 is 6.82. The zero-order valence-corrected chi connectivity index (χ0v) is 14.6. The molecule has 3 N–H and O–H groups in total. The van der Waals surface area contributed by atoms with E-state index in [0.717, 1.165) is 20.9 Å². The van der Waals surface area contributed by atoms with E-state index in [1.807, 2.05) is 19.1 Å². The van der Waals surface area contributed by atoms with Gasteiger partial charge in [-0.1, -0.05) is 6.42 Å². The topological polar surface area (TPSA) is 78.4 Å². The first kappa shape index (κ1) is 16.3. The van der Waals surface area contributed by atoms with Gasteiger partial charge in [-0.25, -0.2) is 4.79 Å². The maximum absolute atomic E-state index is 12.1. The molecule has 2 rings (SSSR count). The lowest BCUT2D eigenvalue weighted by Gasteiger charge is -2.19. The van der Waals surface area contributed by atoms with Crippen LogP contribution in [0.15, 0.2) is 21.1 Å². The Kier molecular flexibility index (Phi) is 5.27. The Morgan fingerprint density at radius 1 is 1.24 bits per heavy atom. The fourth-order valence-corrected chi connectivity index (χ4v) is 4.18. The summed E-state index contributed by atoms with van der Waals surface area (Å²) in [5.74, 6) is -1.35. The molecule has 1 aromatic rings. The Morgan fingerprint density at radius 2 is 1.86 bits per heavy atom. The molecule has 0 spiro atoms. The van der Waals surface area contributed by atoms with E-state index in [2.05, 4.69) is 42.5 Å². The molecule has 7 heteroatoms. The van der Waals surface area contributed by atoms with E-state index in [-0.39, 0.29) is 6.04 Å². The molecule has 2 unspecified atom stereocenters. The van der Waals surface area contributed by atoms with E-state index in [9.17, 15) is 9.59 Å². The van der Waals surface area contributed by atoms with Gasteiger partial charge in [0.1, 0.15) is 0 Å². The largest absolute Gasteiger partial charge is 0.481 e. The number of amides is 2. The summed E-state index contributed by atoms with van der Waals surface area (Å²) in [6, 6.07) is 3.09. The summed E-state index contributed by atoms with van der Waals surface area (Å²) in [5, 5.41) is 14.6. The third kappa shape index (κ3) is 3.97. The van der Waals surface area contributed by atoms with Crippen molar-refractivity contribution in [3.63, 3.8) is 0 Å². The summed E-state index contributed by atoms with van der Waals surface area (Å²) in [4.78, 5) is 23.2. The summed E-state index contributed by atoms with van der Waals surface area (Å²) in [6.07, 6.45) is 2.12. The molecule has 114 valence electrons. The van der Waals surface area contributed by atoms with Crippen molar-refractivity contribution in [2.75, 3.05) is 5.32 Å². The number of aliphatic carboxylic acids is 1. The predicted octanol–water partition coefficient (Wildman–Crippen LogP) is 3.89. The molecule has 0 aromatic heterocycles. The first-order valence-corrected chi connectivity index (χ1v) is 8.23. The maximum atomic E-state index is 12.1. The average molecular weight is 420 g/mol. The minimum atomic E-state index is -0.851. The standard InChI is InChI=1S/C14H16Br2N2O3/c1-7-5-9(15)12(10(16)6-7)18-14(21)17-11-4-2-3-8(11)13(19)20/h5-6,8,11H,2-4H2,1H3,(H,19,20)(H2,17,18,21). The number of hydrogen-bond donors (Lipinski definition) is 3. The van der Waals surface area contributed by atoms with Crippen LogP contribution in [0.5, 0.6) is 0 Å². The van der Waals surface area contributed by atoms with Crippen LogP contribution in [-0.2, 0) is 4.79 Å². The zero-order chi connectivity index (χ0) is 15.6. The van der Waals surface area contributed by atoms with Gasteiger partial charge in [0, 0.05) is 15.0 Å². The third-order valence-electron chi connectivity index (χ3n) is 3.57. The van der Waals surface area contributed by atoms with Gasteiger partial charge >= 0.3 is 12.0 Å². The van der Waals surface area contributed by atoms with Crippen LogP contribution in [0.4, 0.5) is 10.5 Å². The number of aryl methyl sites for hydroxylation is 1. The lowest BCUT2D eigenvalue weighted by molar-refractivity contribution is -0.142. The second-order valence-electron chi connectivity index (χ2n) is 5.18. The molecule has 0 heterocycles. The van der Waals surface area contributed by atoms with Crippen LogP contribution in [0.1, 0.15) is 24.8 Å². The number of carbonyl (C=O) groups excluding carboxylic acids is 1. The minimum Gasteiger partial charge on any atom is -0.481 e. The van der Waals surface area contributed by atoms with Gasteiger partial charge in [-0.2, -0.15) is 0 Å². The Morgan fingerprint density at radius 3 is 2.43 bits per heavy atom. The Balaban J connectivity index is 2.04. The first-order chi connectivity index (χ1) is 9.88. The maximum Gasteiger partial charge on any atom is 0.319 e. The molecule has 1 saturated carbocycles. The average Bonchev–Trinajstić information content (AvgIpc) is 2.82. The minimum absolute atomic E-state index is 0.314. The van der Waals surface area contributed by atoms with E-state index in [1.54, 1.807) is 0 Å². The number of carbonyl (C=O) groups is 2. The van der Waals surface area contributed by atoms with Crippen molar-refractivity contribution < 1.29 is 14.7 Å². The monoisotopic (exact) mass is 418 g/mol. The number of rotatable bonds is 3. The summed E-state index contributed by atoms with van der Waals surface area (Å²) in [6.45, 7) is 1.95. The third-order valence-corrected chi connectivity index (χ3v) is 4.83. The molecule has 21 heavy (non-hydrogen) atoms. The lowest BCUT2D eigenvalue weighted by Crippen LogP contribution is -2.42. The smallest absolute Gasteiger partial charge is 0.319 e. The quantitative estimate of drug-likeness (QED) is 0.695. The van der Waals surface area contributed by atoms with Gasteiger partial charge in [0.05, 0.1) is 11.6 Å². The van der Waals surface area contributed by atoms with Crippen molar-refractivity contribution in [2.45, 2.75) is 32.2 Å². The zero-order valence-electron chi connectivity index (χ0n) is 11.5. The van der Waals surface area contributed by atoms with Crippen LogP contribution >= 0.6 is 31.9 Å². The molecular weight excluding hydrogens is 404 g/mol. The molecule has 1 aliphatic carbocycles. The van der Waals surface area contributed by atoms with Crippen molar-refractivity contribution in [3.05, 3.63) is 26.6 Å². The van der Waals surface area contributed by atoms with Crippen LogP contribution in [0.25, 0.3) is 0 Å².